The Kier molecular flexibility index (Phi) is 15.8. The summed E-state index contributed by atoms with van der Waals surface area (Å²) in [5, 5.41) is 2.43. The minimum atomic E-state index is -2.61. The number of unbranched alkanes of at least 4 members (excludes halogenated alkanes) is 4. The van der Waals surface area contributed by atoms with Crippen LogP contribution in [0.2, 0.25) is 5.04 Å². The molecule has 2 aromatic carbocycles. The zero-order valence-electron chi connectivity index (χ0n) is 30.6. The first kappa shape index (κ1) is 39.4. The zero-order chi connectivity index (χ0) is 34.9. The quantitative estimate of drug-likeness (QED) is 0.0372. The second-order valence-electron chi connectivity index (χ2n) is 14.3. The molecule has 48 heavy (non-hydrogen) atoms. The van der Waals surface area contributed by atoms with Crippen molar-refractivity contribution in [3.05, 3.63) is 109 Å². The van der Waals surface area contributed by atoms with Gasteiger partial charge in [0.05, 0.1) is 26.6 Å². The minimum absolute atomic E-state index is 0.0869. The normalized spacial score (nSPS) is 17.0. The van der Waals surface area contributed by atoms with Crippen molar-refractivity contribution in [1.29, 1.82) is 0 Å². The average molecular weight is 673 g/mol. The molecule has 1 heterocycles. The Bertz CT molecular complexity index is 1300. The Morgan fingerprint density at radius 1 is 0.833 bits per heavy atom. The van der Waals surface area contributed by atoms with E-state index >= 15 is 0 Å². The number of ketones is 1. The molecule has 0 atom stereocenters. The van der Waals surface area contributed by atoms with Crippen LogP contribution in [0.3, 0.4) is 0 Å². The summed E-state index contributed by atoms with van der Waals surface area (Å²) in [6.07, 6.45) is 21.5. The smallest absolute Gasteiger partial charge is 0.261 e. The van der Waals surface area contributed by atoms with E-state index in [0.29, 0.717) is 39.1 Å². The molecule has 0 aliphatic carbocycles. The number of carbonyl (C=O) groups is 1. The summed E-state index contributed by atoms with van der Waals surface area (Å²) < 4.78 is 24.9. The first-order valence-electron chi connectivity index (χ1n) is 17.7. The predicted molar refractivity (Wildman–Crippen MR) is 202 cm³/mol. The van der Waals surface area contributed by atoms with Crippen molar-refractivity contribution < 1.29 is 23.4 Å². The molecule has 0 N–H and O–H groups in total. The maximum Gasteiger partial charge on any atom is 0.261 e. The summed E-state index contributed by atoms with van der Waals surface area (Å²) in [4.78, 5) is 13.2. The van der Waals surface area contributed by atoms with Crippen LogP contribution >= 0.6 is 0 Å². The maximum atomic E-state index is 13.2. The van der Waals surface area contributed by atoms with Crippen molar-refractivity contribution >= 4 is 24.5 Å². The lowest BCUT2D eigenvalue weighted by Crippen LogP contribution is -2.66. The van der Waals surface area contributed by atoms with Gasteiger partial charge in [0.2, 0.25) is 0 Å². The first-order chi connectivity index (χ1) is 23.0. The number of ether oxygens (including phenoxy) is 3. The highest BCUT2D eigenvalue weighted by atomic mass is 28.4. The summed E-state index contributed by atoms with van der Waals surface area (Å²) in [6.45, 7) is 14.2. The molecule has 1 aliphatic heterocycles. The van der Waals surface area contributed by atoms with Gasteiger partial charge in [-0.15, -0.1) is 0 Å². The third-order valence-corrected chi connectivity index (χ3v) is 14.2. The van der Waals surface area contributed by atoms with Crippen molar-refractivity contribution in [3.8, 4) is 0 Å². The first-order valence-corrected chi connectivity index (χ1v) is 19.6. The lowest BCUT2D eigenvalue weighted by molar-refractivity contribution is -0.279. The van der Waals surface area contributed by atoms with E-state index in [1.165, 1.54) is 23.2 Å². The monoisotopic (exact) mass is 672 g/mol. The fourth-order valence-corrected chi connectivity index (χ4v) is 11.0. The van der Waals surface area contributed by atoms with Gasteiger partial charge in [-0.25, -0.2) is 0 Å². The highest BCUT2D eigenvalue weighted by Crippen LogP contribution is 2.41. The van der Waals surface area contributed by atoms with Gasteiger partial charge in [-0.3, -0.25) is 4.79 Å². The minimum Gasteiger partial charge on any atom is -0.504 e. The molecular weight excluding hydrogens is 613 g/mol. The topological polar surface area (TPSA) is 54.0 Å². The van der Waals surface area contributed by atoms with Crippen molar-refractivity contribution in [2.75, 3.05) is 26.9 Å². The van der Waals surface area contributed by atoms with Crippen LogP contribution in [0.4, 0.5) is 0 Å². The van der Waals surface area contributed by atoms with Crippen LogP contribution in [-0.2, 0) is 23.4 Å². The van der Waals surface area contributed by atoms with Crippen LogP contribution < -0.4 is 10.4 Å². The Labute approximate surface area is 292 Å². The van der Waals surface area contributed by atoms with Crippen LogP contribution in [0, 0.1) is 5.41 Å². The molecule has 1 fully saturated rings. The van der Waals surface area contributed by atoms with Crippen molar-refractivity contribution in [2.45, 2.75) is 104 Å². The molecule has 262 valence electrons. The van der Waals surface area contributed by atoms with Crippen molar-refractivity contribution in [2.24, 2.45) is 5.41 Å². The Morgan fingerprint density at radius 2 is 1.40 bits per heavy atom. The third-order valence-electron chi connectivity index (χ3n) is 9.20. The number of rotatable bonds is 19. The average Bonchev–Trinajstić information content (AvgIpc) is 3.07. The standard InChI is InChI=1S/C42H60O5Si/c1-8-9-10-11-12-13-14-17-24-36(33-44-7)42(34-45-41(5,6)46-35-42)31-30-37(43)25-22-23-32-47-48(40(2,3)4,38-26-18-15-19-27-38)39-28-20-16-21-29-39/h8-9,15-22,24-29,33H,10-14,23,30-32,34-35H2,1-7H3/b9-8+,24-17+,25-22+,36-33-. The van der Waals surface area contributed by atoms with Gasteiger partial charge < -0.3 is 18.6 Å². The van der Waals surface area contributed by atoms with Gasteiger partial charge in [-0.2, -0.15) is 0 Å². The third kappa shape index (κ3) is 11.3. The number of hydrogen-bond acceptors (Lipinski definition) is 5. The molecule has 6 heteroatoms. The zero-order valence-corrected chi connectivity index (χ0v) is 31.6. The van der Waals surface area contributed by atoms with E-state index in [-0.39, 0.29) is 10.8 Å². The SMILES string of the molecule is C/C=C/CCCCC/C=C/C(=C/OC)C1(CCC(=O)/C=C/CCO[Si](c2ccccc2)(c2ccccc2)C(C)(C)C)COC(C)(C)OC1. The lowest BCUT2D eigenvalue weighted by atomic mass is 9.76. The van der Waals surface area contributed by atoms with E-state index < -0.39 is 19.5 Å². The van der Waals surface area contributed by atoms with Gasteiger partial charge in [-0.05, 0) is 86.4 Å². The van der Waals surface area contributed by atoms with Crippen LogP contribution in [0.25, 0.3) is 0 Å². The van der Waals surface area contributed by atoms with E-state index in [0.717, 1.165) is 24.8 Å². The molecule has 5 nitrogen and oxygen atoms in total. The number of hydrogen-bond donors (Lipinski definition) is 0. The predicted octanol–water partition coefficient (Wildman–Crippen LogP) is 9.24. The van der Waals surface area contributed by atoms with E-state index in [2.05, 4.69) is 113 Å². The molecule has 2 aromatic rings. The van der Waals surface area contributed by atoms with Crippen LogP contribution in [-0.4, -0.2) is 46.8 Å². The summed E-state index contributed by atoms with van der Waals surface area (Å²) >= 11 is 0. The highest BCUT2D eigenvalue weighted by molar-refractivity contribution is 6.99. The number of methoxy groups -OCH3 is 1. The molecule has 0 spiro atoms. The van der Waals surface area contributed by atoms with Crippen LogP contribution in [0.1, 0.15) is 92.9 Å². The summed E-state index contributed by atoms with van der Waals surface area (Å²) in [7, 11) is -0.938. The van der Waals surface area contributed by atoms with E-state index in [1.807, 2.05) is 19.9 Å². The molecule has 0 saturated carbocycles. The molecule has 1 aliphatic rings. The van der Waals surface area contributed by atoms with E-state index in [9.17, 15) is 4.79 Å². The molecule has 0 unspecified atom stereocenters. The maximum absolute atomic E-state index is 13.2. The van der Waals surface area contributed by atoms with Gasteiger partial charge in [0.15, 0.2) is 11.6 Å². The molecular formula is C42H60O5Si. The van der Waals surface area contributed by atoms with Gasteiger partial charge >= 0.3 is 0 Å². The van der Waals surface area contributed by atoms with E-state index in [1.54, 1.807) is 19.4 Å². The van der Waals surface area contributed by atoms with E-state index in [4.69, 9.17) is 18.6 Å². The van der Waals surface area contributed by atoms with Crippen LogP contribution in [0.5, 0.6) is 0 Å². The summed E-state index contributed by atoms with van der Waals surface area (Å²) in [5.74, 6) is -0.570. The molecule has 0 amide bonds. The molecule has 0 bridgehead atoms. The second-order valence-corrected chi connectivity index (χ2v) is 18.7. The number of allylic oxidation sites excluding steroid dienone is 5. The number of carbonyl (C=O) groups excluding carboxylic acids is 1. The molecule has 0 aromatic heterocycles. The number of benzene rings is 2. The fourth-order valence-electron chi connectivity index (χ4n) is 6.41. The lowest BCUT2D eigenvalue weighted by Gasteiger charge is -2.44. The highest BCUT2D eigenvalue weighted by Gasteiger charge is 2.50. The van der Waals surface area contributed by atoms with Crippen molar-refractivity contribution in [1.82, 2.24) is 0 Å². The summed E-state index contributed by atoms with van der Waals surface area (Å²) in [6, 6.07) is 21.3. The summed E-state index contributed by atoms with van der Waals surface area (Å²) in [5.41, 5.74) is 0.536. The Hall–Kier alpha value is -3.03. The fraction of sp³-hybridized carbons (Fsp3) is 0.500. The molecule has 3 rings (SSSR count). The van der Waals surface area contributed by atoms with Crippen LogP contribution in [0.15, 0.2) is 109 Å². The second kappa shape index (κ2) is 19.2. The van der Waals surface area contributed by atoms with Gasteiger partial charge in [0, 0.05) is 18.4 Å². The molecule has 0 radical (unpaired) electrons. The largest absolute Gasteiger partial charge is 0.504 e. The van der Waals surface area contributed by atoms with Gasteiger partial charge in [0.25, 0.3) is 8.32 Å². The Morgan fingerprint density at radius 3 is 1.94 bits per heavy atom. The van der Waals surface area contributed by atoms with Crippen molar-refractivity contribution in [3.63, 3.8) is 0 Å². The van der Waals surface area contributed by atoms with Gasteiger partial charge in [-0.1, -0.05) is 118 Å². The van der Waals surface area contributed by atoms with Gasteiger partial charge in [0.1, 0.15) is 0 Å². The molecule has 1 saturated heterocycles. The Balaban J connectivity index is 1.66.